The number of hydrogen-bond acceptors (Lipinski definition) is 2. The summed E-state index contributed by atoms with van der Waals surface area (Å²) in [6, 6.07) is 6.19. The molecule has 0 unspecified atom stereocenters. The highest BCUT2D eigenvalue weighted by atomic mass is 79.9. The minimum absolute atomic E-state index is 0.803. The third-order valence-corrected chi connectivity index (χ3v) is 3.54. The fourth-order valence-corrected chi connectivity index (χ4v) is 2.54. The van der Waals surface area contributed by atoms with Gasteiger partial charge in [-0.15, -0.1) is 0 Å². The molecule has 0 spiro atoms. The largest absolute Gasteiger partial charge is 0.331 e. The van der Waals surface area contributed by atoms with Crippen molar-refractivity contribution in [1.29, 1.82) is 0 Å². The summed E-state index contributed by atoms with van der Waals surface area (Å²) in [5.41, 5.74) is 2.27. The van der Waals surface area contributed by atoms with Crippen molar-refractivity contribution in [1.82, 2.24) is 14.5 Å². The Bertz CT molecular complexity index is 571. The predicted octanol–water partition coefficient (Wildman–Crippen LogP) is 3.41. The van der Waals surface area contributed by atoms with Crippen LogP contribution in [0.2, 0.25) is 0 Å². The Balaban J connectivity index is 2.29. The van der Waals surface area contributed by atoms with Crippen molar-refractivity contribution in [3.8, 4) is 0 Å². The minimum atomic E-state index is 0.803. The lowest BCUT2D eigenvalue weighted by molar-refractivity contribution is 0.387. The van der Waals surface area contributed by atoms with Gasteiger partial charge >= 0.3 is 0 Å². The zero-order chi connectivity index (χ0) is 12.4. The summed E-state index contributed by atoms with van der Waals surface area (Å²) in [4.78, 5) is 5.42. The number of aryl methyl sites for hydroxylation is 1. The molecule has 0 aliphatic rings. The summed E-state index contributed by atoms with van der Waals surface area (Å²) in [6.07, 6.45) is 1.10. The van der Waals surface area contributed by atoms with Crippen molar-refractivity contribution in [3.63, 3.8) is 0 Å². The van der Waals surface area contributed by atoms with Gasteiger partial charge in [-0.2, -0.15) is 0 Å². The summed E-state index contributed by atoms with van der Waals surface area (Å²) >= 11 is 8.85. The Labute approximate surface area is 115 Å². The van der Waals surface area contributed by atoms with Gasteiger partial charge in [-0.1, -0.05) is 15.9 Å². The highest BCUT2D eigenvalue weighted by molar-refractivity contribution is 9.10. The molecule has 1 aromatic carbocycles. The zero-order valence-corrected chi connectivity index (χ0v) is 12.4. The van der Waals surface area contributed by atoms with E-state index >= 15 is 0 Å². The predicted molar refractivity (Wildman–Crippen MR) is 78.0 cm³/mol. The molecule has 0 aliphatic heterocycles. The first-order valence-electron chi connectivity index (χ1n) is 5.61. The van der Waals surface area contributed by atoms with Gasteiger partial charge in [0.05, 0.1) is 11.0 Å². The van der Waals surface area contributed by atoms with Gasteiger partial charge in [0, 0.05) is 11.0 Å². The van der Waals surface area contributed by atoms with E-state index in [0.717, 1.165) is 34.3 Å². The average molecular weight is 314 g/mol. The van der Waals surface area contributed by atoms with Crippen LogP contribution in [0.25, 0.3) is 11.0 Å². The Hall–Kier alpha value is -0.650. The number of aromatic amines is 1. The minimum Gasteiger partial charge on any atom is -0.331 e. The molecular formula is C12H16BrN3S. The summed E-state index contributed by atoms with van der Waals surface area (Å²) < 4.78 is 4.05. The Morgan fingerprint density at radius 2 is 2.18 bits per heavy atom. The molecule has 0 bridgehead atoms. The van der Waals surface area contributed by atoms with Crippen LogP contribution in [-0.2, 0) is 6.54 Å². The maximum atomic E-state index is 5.35. The van der Waals surface area contributed by atoms with E-state index in [1.807, 2.05) is 6.07 Å². The van der Waals surface area contributed by atoms with Crippen molar-refractivity contribution < 1.29 is 0 Å². The second-order valence-electron chi connectivity index (χ2n) is 4.40. The van der Waals surface area contributed by atoms with Gasteiger partial charge in [-0.25, -0.2) is 0 Å². The van der Waals surface area contributed by atoms with Crippen LogP contribution in [0.5, 0.6) is 0 Å². The van der Waals surface area contributed by atoms with E-state index in [0.29, 0.717) is 0 Å². The number of hydrogen-bond donors (Lipinski definition) is 1. The molecule has 5 heteroatoms. The van der Waals surface area contributed by atoms with Crippen molar-refractivity contribution in [3.05, 3.63) is 27.4 Å². The van der Waals surface area contributed by atoms with Crippen molar-refractivity contribution in [2.45, 2.75) is 13.0 Å². The second kappa shape index (κ2) is 5.33. The molecule has 0 aliphatic carbocycles. The first-order valence-corrected chi connectivity index (χ1v) is 6.81. The number of fused-ring (bicyclic) bond motifs is 1. The molecule has 1 aromatic heterocycles. The number of nitrogens with one attached hydrogen (secondary N) is 1. The number of rotatable bonds is 4. The van der Waals surface area contributed by atoms with Crippen LogP contribution in [0.1, 0.15) is 6.42 Å². The van der Waals surface area contributed by atoms with E-state index < -0.39 is 0 Å². The number of nitrogens with zero attached hydrogens (tertiary/aromatic N) is 2. The lowest BCUT2D eigenvalue weighted by atomic mass is 10.3. The number of halogens is 1. The fraction of sp³-hybridized carbons (Fsp3) is 0.417. The number of aromatic nitrogens is 2. The Morgan fingerprint density at radius 1 is 1.41 bits per heavy atom. The van der Waals surface area contributed by atoms with Crippen molar-refractivity contribution >= 4 is 39.2 Å². The highest BCUT2D eigenvalue weighted by Crippen LogP contribution is 2.19. The molecule has 17 heavy (non-hydrogen) atoms. The quantitative estimate of drug-likeness (QED) is 0.875. The summed E-state index contributed by atoms with van der Waals surface area (Å²) in [5, 5.41) is 0. The first kappa shape index (κ1) is 12.8. The van der Waals surface area contributed by atoms with Gasteiger partial charge in [0.2, 0.25) is 0 Å². The average Bonchev–Trinajstić information content (AvgIpc) is 2.55. The van der Waals surface area contributed by atoms with Crippen molar-refractivity contribution in [2.24, 2.45) is 0 Å². The molecule has 0 saturated carbocycles. The molecule has 2 rings (SSSR count). The molecular weight excluding hydrogens is 298 g/mol. The van der Waals surface area contributed by atoms with Crippen LogP contribution in [0, 0.1) is 4.77 Å². The molecule has 1 heterocycles. The lowest BCUT2D eigenvalue weighted by Crippen LogP contribution is -2.15. The van der Waals surface area contributed by atoms with Gasteiger partial charge in [0.25, 0.3) is 0 Å². The maximum absolute atomic E-state index is 5.35. The molecule has 0 radical (unpaired) electrons. The Kier molecular flexibility index (Phi) is 4.01. The molecule has 0 amide bonds. The van der Waals surface area contributed by atoms with E-state index in [9.17, 15) is 0 Å². The Morgan fingerprint density at radius 3 is 2.88 bits per heavy atom. The van der Waals surface area contributed by atoms with Gasteiger partial charge < -0.3 is 14.5 Å². The SMILES string of the molecule is CN(C)CCCn1c(=S)[nH]c2ccc(Br)cc21. The second-order valence-corrected chi connectivity index (χ2v) is 5.70. The third kappa shape index (κ3) is 2.97. The van der Waals surface area contributed by atoms with Crippen LogP contribution in [0.4, 0.5) is 0 Å². The molecule has 0 fully saturated rings. The first-order chi connectivity index (χ1) is 8.08. The van der Waals surface area contributed by atoms with Crippen LogP contribution in [0.15, 0.2) is 22.7 Å². The van der Waals surface area contributed by atoms with E-state index in [-0.39, 0.29) is 0 Å². The summed E-state index contributed by atoms with van der Waals surface area (Å²) in [6.45, 7) is 2.02. The monoisotopic (exact) mass is 313 g/mol. The van der Waals surface area contributed by atoms with Gasteiger partial charge in [0.15, 0.2) is 4.77 Å². The number of benzene rings is 1. The maximum Gasteiger partial charge on any atom is 0.178 e. The zero-order valence-electron chi connectivity index (χ0n) is 10.0. The van der Waals surface area contributed by atoms with E-state index in [1.165, 1.54) is 5.52 Å². The molecule has 3 nitrogen and oxygen atoms in total. The lowest BCUT2D eigenvalue weighted by Gasteiger charge is -2.10. The fourth-order valence-electron chi connectivity index (χ4n) is 1.89. The standard InChI is InChI=1S/C12H16BrN3S/c1-15(2)6-3-7-16-11-8-9(13)4-5-10(11)14-12(16)17/h4-5,8H,3,6-7H2,1-2H3,(H,14,17). The number of imidazole rings is 1. The van der Waals surface area contributed by atoms with Gasteiger partial charge in [0.1, 0.15) is 0 Å². The smallest absolute Gasteiger partial charge is 0.178 e. The number of H-pyrrole nitrogens is 1. The summed E-state index contributed by atoms with van der Waals surface area (Å²) in [5.74, 6) is 0. The molecule has 0 atom stereocenters. The molecule has 92 valence electrons. The molecule has 0 saturated heterocycles. The topological polar surface area (TPSA) is 24.0 Å². The normalized spacial score (nSPS) is 11.5. The van der Waals surface area contributed by atoms with Crippen LogP contribution >= 0.6 is 28.1 Å². The van der Waals surface area contributed by atoms with E-state index in [4.69, 9.17) is 12.2 Å². The van der Waals surface area contributed by atoms with Crippen molar-refractivity contribution in [2.75, 3.05) is 20.6 Å². The van der Waals surface area contributed by atoms with Crippen LogP contribution in [0.3, 0.4) is 0 Å². The third-order valence-electron chi connectivity index (χ3n) is 2.72. The van der Waals surface area contributed by atoms with E-state index in [2.05, 4.69) is 56.6 Å². The summed E-state index contributed by atoms with van der Waals surface area (Å²) in [7, 11) is 4.18. The molecule has 2 aromatic rings. The van der Waals surface area contributed by atoms with E-state index in [1.54, 1.807) is 0 Å². The van der Waals surface area contributed by atoms with Crippen LogP contribution in [-0.4, -0.2) is 35.1 Å². The highest BCUT2D eigenvalue weighted by Gasteiger charge is 2.04. The van der Waals surface area contributed by atoms with Gasteiger partial charge in [-0.3, -0.25) is 0 Å². The van der Waals surface area contributed by atoms with Gasteiger partial charge in [-0.05, 0) is 57.5 Å². The molecule has 1 N–H and O–H groups in total. The van der Waals surface area contributed by atoms with Crippen LogP contribution < -0.4 is 0 Å².